The highest BCUT2D eigenvalue weighted by atomic mass is 32.2. The molecule has 0 unspecified atom stereocenters. The average molecular weight is 570 g/mol. The number of ether oxygens (including phenoxy) is 1. The normalized spacial score (nSPS) is 21.1. The van der Waals surface area contributed by atoms with Gasteiger partial charge in [-0.2, -0.15) is 0 Å². The Morgan fingerprint density at radius 3 is 1.81 bits per heavy atom. The van der Waals surface area contributed by atoms with E-state index in [9.17, 15) is 8.42 Å². The number of sulfone groups is 1. The average Bonchev–Trinajstić information content (AvgIpc) is 3.13. The van der Waals surface area contributed by atoms with Gasteiger partial charge in [0.1, 0.15) is 5.76 Å². The molecule has 2 aliphatic heterocycles. The molecule has 0 saturated carbocycles. The Balaban J connectivity index is 1.60. The summed E-state index contributed by atoms with van der Waals surface area (Å²) in [4.78, 5) is 16.8. The summed E-state index contributed by atoms with van der Waals surface area (Å²) in [6.45, 7) is 0. The van der Waals surface area contributed by atoms with Crippen molar-refractivity contribution in [2.75, 3.05) is 4.90 Å². The number of nitrogens with zero attached hydrogens (tertiary/aromatic N) is 1. The standard InChI is InChI=1S/C36H27NO4S/c38-35-33(27-17-7-2-8-18-27)34(28-19-9-3-10-20-28)41-36(29-21-11-4-12-22-29)25-32(26-15-5-1-6-16-26)42(39,40)31-24-14-13-23-30(31)37(35)36/h1-24,32H,25H2/t32-,36+/m1/s1. The summed E-state index contributed by atoms with van der Waals surface area (Å²) in [5.41, 5.74) is 1.95. The lowest BCUT2D eigenvalue weighted by atomic mass is 9.87. The SMILES string of the molecule is O=C1C(c2ccccc2)=C(c2ccccc2)O[C@]2(c3ccccc3)C[C@H](c3ccccc3)S(=O)(=O)c3ccccc3N12. The van der Waals surface area contributed by atoms with Crippen molar-refractivity contribution in [3.05, 3.63) is 168 Å². The molecular formula is C36H27NO4S. The van der Waals surface area contributed by atoms with E-state index in [-0.39, 0.29) is 17.2 Å². The van der Waals surface area contributed by atoms with Gasteiger partial charge in [0.25, 0.3) is 5.91 Å². The topological polar surface area (TPSA) is 63.7 Å². The lowest BCUT2D eigenvalue weighted by Gasteiger charge is -2.48. The number of amides is 1. The Labute approximate surface area is 245 Å². The molecule has 5 aromatic rings. The summed E-state index contributed by atoms with van der Waals surface area (Å²) in [6, 6.07) is 44.4. The van der Waals surface area contributed by atoms with E-state index < -0.39 is 20.8 Å². The molecule has 0 N–H and O–H groups in total. The van der Waals surface area contributed by atoms with Gasteiger partial charge in [-0.15, -0.1) is 0 Å². The van der Waals surface area contributed by atoms with E-state index in [4.69, 9.17) is 4.74 Å². The summed E-state index contributed by atoms with van der Waals surface area (Å²) < 4.78 is 36.3. The number of hydrogen-bond donors (Lipinski definition) is 0. The third-order valence-electron chi connectivity index (χ3n) is 8.02. The molecule has 2 aliphatic rings. The number of carbonyl (C=O) groups excluding carboxylic acids is 1. The molecule has 0 aromatic heterocycles. The maximum absolute atomic E-state index is 15.1. The van der Waals surface area contributed by atoms with Gasteiger partial charge in [0.05, 0.1) is 21.4 Å². The Kier molecular flexibility index (Phi) is 6.29. The van der Waals surface area contributed by atoms with E-state index in [0.29, 0.717) is 33.7 Å². The number of hydrogen-bond acceptors (Lipinski definition) is 4. The number of anilines is 1. The van der Waals surface area contributed by atoms with Gasteiger partial charge < -0.3 is 4.74 Å². The molecule has 0 radical (unpaired) electrons. The van der Waals surface area contributed by atoms with Crippen LogP contribution >= 0.6 is 0 Å². The van der Waals surface area contributed by atoms with Crippen LogP contribution in [0.3, 0.4) is 0 Å². The van der Waals surface area contributed by atoms with E-state index in [1.165, 1.54) is 0 Å². The van der Waals surface area contributed by atoms with Crippen LogP contribution in [-0.2, 0) is 25.1 Å². The Morgan fingerprint density at radius 1 is 0.643 bits per heavy atom. The summed E-state index contributed by atoms with van der Waals surface area (Å²) in [5.74, 6) is 0.0852. The summed E-state index contributed by atoms with van der Waals surface area (Å²) in [7, 11) is -3.96. The van der Waals surface area contributed by atoms with Crippen LogP contribution in [0, 0.1) is 0 Å². The zero-order chi connectivity index (χ0) is 28.7. The first-order chi connectivity index (χ1) is 20.5. The second-order valence-corrected chi connectivity index (χ2v) is 12.5. The van der Waals surface area contributed by atoms with Crippen molar-refractivity contribution < 1.29 is 17.9 Å². The molecule has 5 nitrogen and oxygen atoms in total. The minimum absolute atomic E-state index is 0.0117. The van der Waals surface area contributed by atoms with Crippen molar-refractivity contribution in [3.8, 4) is 0 Å². The molecule has 0 saturated heterocycles. The molecule has 0 bridgehead atoms. The first-order valence-electron chi connectivity index (χ1n) is 13.8. The summed E-state index contributed by atoms with van der Waals surface area (Å²) in [6.07, 6.45) is -0.0117. The second-order valence-electron chi connectivity index (χ2n) is 10.4. The lowest BCUT2D eigenvalue weighted by molar-refractivity contribution is -0.120. The fourth-order valence-corrected chi connectivity index (χ4v) is 8.08. The van der Waals surface area contributed by atoms with E-state index in [1.807, 2.05) is 121 Å². The highest BCUT2D eigenvalue weighted by molar-refractivity contribution is 7.91. The van der Waals surface area contributed by atoms with Gasteiger partial charge in [-0.1, -0.05) is 133 Å². The molecule has 206 valence electrons. The van der Waals surface area contributed by atoms with Gasteiger partial charge in [0, 0.05) is 17.5 Å². The van der Waals surface area contributed by atoms with E-state index in [2.05, 4.69) is 0 Å². The first-order valence-corrected chi connectivity index (χ1v) is 15.4. The van der Waals surface area contributed by atoms with Gasteiger partial charge in [0.2, 0.25) is 5.72 Å². The molecule has 2 heterocycles. The monoisotopic (exact) mass is 569 g/mol. The van der Waals surface area contributed by atoms with Crippen molar-refractivity contribution in [2.45, 2.75) is 22.3 Å². The first kappa shape index (κ1) is 26.0. The van der Waals surface area contributed by atoms with Crippen LogP contribution in [0.25, 0.3) is 11.3 Å². The maximum atomic E-state index is 15.1. The minimum Gasteiger partial charge on any atom is -0.462 e. The van der Waals surface area contributed by atoms with Gasteiger partial charge in [-0.3, -0.25) is 9.69 Å². The number of carbonyl (C=O) groups is 1. The molecule has 7 rings (SSSR count). The fraction of sp³-hybridized carbons (Fsp3) is 0.0833. The maximum Gasteiger partial charge on any atom is 0.266 e. The van der Waals surface area contributed by atoms with Crippen LogP contribution in [-0.4, -0.2) is 14.3 Å². The molecule has 0 aliphatic carbocycles. The quantitative estimate of drug-likeness (QED) is 0.226. The summed E-state index contributed by atoms with van der Waals surface area (Å²) >= 11 is 0. The number of benzene rings is 5. The molecule has 0 fully saturated rings. The van der Waals surface area contributed by atoms with Crippen molar-refractivity contribution in [1.29, 1.82) is 0 Å². The van der Waals surface area contributed by atoms with Gasteiger partial charge in [-0.25, -0.2) is 8.42 Å². The number of fused-ring (bicyclic) bond motifs is 3. The van der Waals surface area contributed by atoms with Crippen LogP contribution in [0.15, 0.2) is 150 Å². The second kappa shape index (κ2) is 10.2. The highest BCUT2D eigenvalue weighted by Crippen LogP contribution is 2.55. The lowest BCUT2D eigenvalue weighted by Crippen LogP contribution is -2.55. The molecule has 2 atom stereocenters. The highest BCUT2D eigenvalue weighted by Gasteiger charge is 2.57. The molecule has 6 heteroatoms. The molecule has 5 aromatic carbocycles. The summed E-state index contributed by atoms with van der Waals surface area (Å²) in [5, 5.41) is -0.979. The largest absolute Gasteiger partial charge is 0.462 e. The molecule has 42 heavy (non-hydrogen) atoms. The van der Waals surface area contributed by atoms with Gasteiger partial charge >= 0.3 is 0 Å². The van der Waals surface area contributed by atoms with Crippen LogP contribution in [0.2, 0.25) is 0 Å². The van der Waals surface area contributed by atoms with Crippen molar-refractivity contribution in [2.24, 2.45) is 0 Å². The van der Waals surface area contributed by atoms with E-state index in [0.717, 1.165) is 5.56 Å². The minimum atomic E-state index is -3.96. The third-order valence-corrected chi connectivity index (χ3v) is 10.2. The van der Waals surface area contributed by atoms with Crippen LogP contribution in [0.4, 0.5) is 5.69 Å². The van der Waals surface area contributed by atoms with Crippen LogP contribution in [0.5, 0.6) is 0 Å². The number of para-hydroxylation sites is 1. The van der Waals surface area contributed by atoms with E-state index >= 15 is 4.79 Å². The van der Waals surface area contributed by atoms with E-state index in [1.54, 1.807) is 29.2 Å². The molecule has 0 spiro atoms. The zero-order valence-corrected chi connectivity index (χ0v) is 23.4. The zero-order valence-electron chi connectivity index (χ0n) is 22.6. The van der Waals surface area contributed by atoms with Crippen molar-refractivity contribution in [1.82, 2.24) is 0 Å². The predicted octanol–water partition coefficient (Wildman–Crippen LogP) is 7.39. The fourth-order valence-electron chi connectivity index (χ4n) is 6.09. The smallest absolute Gasteiger partial charge is 0.266 e. The van der Waals surface area contributed by atoms with Crippen molar-refractivity contribution in [3.63, 3.8) is 0 Å². The Hall–Kier alpha value is -4.94. The Bertz CT molecular complexity index is 1910. The third kappa shape index (κ3) is 4.06. The molecular weight excluding hydrogens is 542 g/mol. The van der Waals surface area contributed by atoms with Crippen LogP contribution < -0.4 is 4.90 Å². The Morgan fingerprint density at radius 2 is 1.17 bits per heavy atom. The van der Waals surface area contributed by atoms with Gasteiger partial charge in [-0.05, 0) is 23.3 Å². The van der Waals surface area contributed by atoms with Crippen molar-refractivity contribution >= 4 is 32.8 Å². The molecule has 1 amide bonds. The number of rotatable bonds is 4. The predicted molar refractivity (Wildman–Crippen MR) is 164 cm³/mol. The van der Waals surface area contributed by atoms with Crippen LogP contribution in [0.1, 0.15) is 33.9 Å². The van der Waals surface area contributed by atoms with Gasteiger partial charge in [0.15, 0.2) is 9.84 Å².